The second-order valence-electron chi connectivity index (χ2n) is 3.50. The van der Waals surface area contributed by atoms with Crippen LogP contribution in [0.5, 0.6) is 11.6 Å². The predicted octanol–water partition coefficient (Wildman–Crippen LogP) is 4.07. The second-order valence-corrected chi connectivity index (χ2v) is 4.29. The van der Waals surface area contributed by atoms with Crippen molar-refractivity contribution in [3.8, 4) is 11.6 Å². The number of aromatic nitrogens is 1. The molecule has 0 aliphatic rings. The molecule has 0 unspecified atom stereocenters. The maximum absolute atomic E-state index is 6.01. The lowest BCUT2D eigenvalue weighted by atomic mass is 10.2. The fourth-order valence-electron chi connectivity index (χ4n) is 1.29. The predicted molar refractivity (Wildman–Crippen MR) is 69.9 cm³/mol. The van der Waals surface area contributed by atoms with Crippen molar-refractivity contribution in [2.45, 2.75) is 6.92 Å². The maximum atomic E-state index is 6.01. The number of hydrogen-bond donors (Lipinski definition) is 1. The van der Waals surface area contributed by atoms with Crippen molar-refractivity contribution < 1.29 is 4.74 Å². The first kappa shape index (κ1) is 12.0. The number of benzene rings is 1. The molecule has 88 valence electrons. The highest BCUT2D eigenvalue weighted by molar-refractivity contribution is 6.42. The highest BCUT2D eigenvalue weighted by Crippen LogP contribution is 2.35. The van der Waals surface area contributed by atoms with Crippen LogP contribution in [0.15, 0.2) is 30.5 Å². The molecule has 0 atom stereocenters. The van der Waals surface area contributed by atoms with Crippen molar-refractivity contribution in [1.29, 1.82) is 0 Å². The Morgan fingerprint density at radius 1 is 1.24 bits per heavy atom. The van der Waals surface area contributed by atoms with Gasteiger partial charge in [-0.15, -0.1) is 0 Å². The standard InChI is InChI=1S/C12H10Cl2N2O/c1-7-5-6-16-12(11(7)15)17-9-4-2-3-8(13)10(9)14/h2-6H,15H2,1H3. The van der Waals surface area contributed by atoms with Gasteiger partial charge in [-0.1, -0.05) is 29.3 Å². The summed E-state index contributed by atoms with van der Waals surface area (Å²) in [6.07, 6.45) is 1.62. The topological polar surface area (TPSA) is 48.1 Å². The third kappa shape index (κ3) is 2.46. The summed E-state index contributed by atoms with van der Waals surface area (Å²) in [6.45, 7) is 1.88. The number of nitrogens with two attached hydrogens (primary N) is 1. The number of nitrogen functional groups attached to an aromatic ring is 1. The van der Waals surface area contributed by atoms with Gasteiger partial charge < -0.3 is 10.5 Å². The van der Waals surface area contributed by atoms with Crippen LogP contribution in [0.2, 0.25) is 10.0 Å². The first-order valence-electron chi connectivity index (χ1n) is 4.92. The Bertz CT molecular complexity index is 509. The molecule has 0 bridgehead atoms. The molecule has 2 N–H and O–H groups in total. The maximum Gasteiger partial charge on any atom is 0.242 e. The molecule has 2 rings (SSSR count). The van der Waals surface area contributed by atoms with E-state index in [2.05, 4.69) is 4.98 Å². The van der Waals surface area contributed by atoms with Crippen LogP contribution in [0.3, 0.4) is 0 Å². The average molecular weight is 269 g/mol. The van der Waals surface area contributed by atoms with E-state index in [1.54, 1.807) is 24.4 Å². The number of hydrogen-bond acceptors (Lipinski definition) is 3. The Kier molecular flexibility index (Phi) is 3.41. The van der Waals surface area contributed by atoms with E-state index in [9.17, 15) is 0 Å². The van der Waals surface area contributed by atoms with E-state index in [1.165, 1.54) is 0 Å². The molecule has 17 heavy (non-hydrogen) atoms. The van der Waals surface area contributed by atoms with E-state index in [1.807, 2.05) is 13.0 Å². The van der Waals surface area contributed by atoms with Gasteiger partial charge >= 0.3 is 0 Å². The molecule has 0 spiro atoms. The molecule has 1 heterocycles. The summed E-state index contributed by atoms with van der Waals surface area (Å²) in [7, 11) is 0. The Hall–Kier alpha value is -1.45. The van der Waals surface area contributed by atoms with Gasteiger partial charge in [0.15, 0.2) is 0 Å². The third-order valence-electron chi connectivity index (χ3n) is 2.29. The summed E-state index contributed by atoms with van der Waals surface area (Å²) in [6, 6.07) is 6.94. The number of rotatable bonds is 2. The third-order valence-corrected chi connectivity index (χ3v) is 3.10. The number of anilines is 1. The molecule has 0 aliphatic heterocycles. The second kappa shape index (κ2) is 4.82. The lowest BCUT2D eigenvalue weighted by Gasteiger charge is -2.10. The van der Waals surface area contributed by atoms with Gasteiger partial charge in [-0.05, 0) is 30.7 Å². The molecular weight excluding hydrogens is 259 g/mol. The van der Waals surface area contributed by atoms with E-state index in [-0.39, 0.29) is 0 Å². The van der Waals surface area contributed by atoms with Crippen LogP contribution in [0.1, 0.15) is 5.56 Å². The minimum Gasteiger partial charge on any atom is -0.435 e. The minimum atomic E-state index is 0.328. The van der Waals surface area contributed by atoms with Crippen molar-refractivity contribution in [2.24, 2.45) is 0 Å². The largest absolute Gasteiger partial charge is 0.435 e. The lowest BCUT2D eigenvalue weighted by molar-refractivity contribution is 0.465. The minimum absolute atomic E-state index is 0.328. The summed E-state index contributed by atoms with van der Waals surface area (Å²) < 4.78 is 5.55. The van der Waals surface area contributed by atoms with Gasteiger partial charge in [-0.2, -0.15) is 0 Å². The molecule has 0 saturated carbocycles. The fourth-order valence-corrected chi connectivity index (χ4v) is 1.62. The van der Waals surface area contributed by atoms with Gasteiger partial charge in [0.1, 0.15) is 10.8 Å². The molecule has 1 aromatic heterocycles. The molecule has 5 heteroatoms. The van der Waals surface area contributed by atoms with Gasteiger partial charge in [0.05, 0.1) is 10.7 Å². The molecule has 2 aromatic rings. The Morgan fingerprint density at radius 3 is 2.76 bits per heavy atom. The van der Waals surface area contributed by atoms with Crippen molar-refractivity contribution in [3.05, 3.63) is 46.1 Å². The van der Waals surface area contributed by atoms with Crippen molar-refractivity contribution in [3.63, 3.8) is 0 Å². The zero-order valence-corrected chi connectivity index (χ0v) is 10.6. The SMILES string of the molecule is Cc1ccnc(Oc2cccc(Cl)c2Cl)c1N. The Labute approximate surface area is 109 Å². The van der Waals surface area contributed by atoms with Crippen molar-refractivity contribution in [2.75, 3.05) is 5.73 Å². The van der Waals surface area contributed by atoms with Crippen LogP contribution in [-0.4, -0.2) is 4.98 Å². The monoisotopic (exact) mass is 268 g/mol. The fraction of sp³-hybridized carbons (Fsp3) is 0.0833. The lowest BCUT2D eigenvalue weighted by Crippen LogP contribution is -1.97. The average Bonchev–Trinajstić information content (AvgIpc) is 2.31. The summed E-state index contributed by atoms with van der Waals surface area (Å²) >= 11 is 11.9. The molecule has 0 saturated heterocycles. The molecule has 0 radical (unpaired) electrons. The molecule has 0 amide bonds. The van der Waals surface area contributed by atoms with Gasteiger partial charge in [-0.3, -0.25) is 0 Å². The van der Waals surface area contributed by atoms with Gasteiger partial charge in [0.2, 0.25) is 5.88 Å². The molecule has 1 aromatic carbocycles. The van der Waals surface area contributed by atoms with Gasteiger partial charge in [-0.25, -0.2) is 4.98 Å². The summed E-state index contributed by atoms with van der Waals surface area (Å²) in [5.74, 6) is 0.762. The molecule has 0 aliphatic carbocycles. The van der Waals surface area contributed by atoms with Crippen LogP contribution in [0, 0.1) is 6.92 Å². The van der Waals surface area contributed by atoms with Crippen LogP contribution < -0.4 is 10.5 Å². The smallest absolute Gasteiger partial charge is 0.242 e. The van der Waals surface area contributed by atoms with E-state index < -0.39 is 0 Å². The van der Waals surface area contributed by atoms with Crippen LogP contribution in [-0.2, 0) is 0 Å². The van der Waals surface area contributed by atoms with Crippen LogP contribution in [0.4, 0.5) is 5.69 Å². The number of aryl methyl sites for hydroxylation is 1. The normalized spacial score (nSPS) is 10.3. The molecule has 3 nitrogen and oxygen atoms in total. The van der Waals surface area contributed by atoms with Crippen LogP contribution in [0.25, 0.3) is 0 Å². The highest BCUT2D eigenvalue weighted by atomic mass is 35.5. The quantitative estimate of drug-likeness (QED) is 0.893. The number of ether oxygens (including phenoxy) is 1. The van der Waals surface area contributed by atoms with E-state index >= 15 is 0 Å². The van der Waals surface area contributed by atoms with Gasteiger partial charge in [0.25, 0.3) is 0 Å². The molecular formula is C12H10Cl2N2O. The van der Waals surface area contributed by atoms with E-state index in [0.29, 0.717) is 27.4 Å². The summed E-state index contributed by atoms with van der Waals surface area (Å²) in [5.41, 5.74) is 7.24. The van der Waals surface area contributed by atoms with Gasteiger partial charge in [0, 0.05) is 6.20 Å². The Balaban J connectivity index is 2.38. The highest BCUT2D eigenvalue weighted by Gasteiger charge is 2.10. The Morgan fingerprint density at radius 2 is 2.00 bits per heavy atom. The zero-order valence-electron chi connectivity index (χ0n) is 9.08. The van der Waals surface area contributed by atoms with Crippen LogP contribution >= 0.6 is 23.2 Å². The van der Waals surface area contributed by atoms with Crippen molar-refractivity contribution >= 4 is 28.9 Å². The number of halogens is 2. The first-order chi connectivity index (χ1) is 8.09. The zero-order chi connectivity index (χ0) is 12.4. The molecule has 0 fully saturated rings. The van der Waals surface area contributed by atoms with E-state index in [4.69, 9.17) is 33.7 Å². The first-order valence-corrected chi connectivity index (χ1v) is 5.68. The number of pyridine rings is 1. The van der Waals surface area contributed by atoms with Crippen molar-refractivity contribution in [1.82, 2.24) is 4.98 Å². The van der Waals surface area contributed by atoms with E-state index in [0.717, 1.165) is 5.56 Å². The number of nitrogens with zero attached hydrogens (tertiary/aromatic N) is 1. The summed E-state index contributed by atoms with van der Waals surface area (Å²) in [5, 5.41) is 0.771. The summed E-state index contributed by atoms with van der Waals surface area (Å²) in [4.78, 5) is 4.06.